The Morgan fingerprint density at radius 2 is 0.661 bits per heavy atom. The van der Waals surface area contributed by atoms with Gasteiger partial charge in [-0.1, -0.05) is 85.6 Å². The van der Waals surface area contributed by atoms with Crippen molar-refractivity contribution in [3.05, 3.63) is 121 Å². The van der Waals surface area contributed by atoms with Gasteiger partial charge in [-0.25, -0.2) is 9.13 Å². The molecule has 0 bridgehead atoms. The summed E-state index contributed by atoms with van der Waals surface area (Å²) in [6.07, 6.45) is 4.49. The molecule has 0 heterocycles. The second kappa shape index (κ2) is 21.7. The third kappa shape index (κ3) is 14.2. The van der Waals surface area contributed by atoms with Crippen molar-refractivity contribution in [1.82, 2.24) is 9.80 Å². The van der Waals surface area contributed by atoms with E-state index in [9.17, 15) is 9.13 Å². The van der Waals surface area contributed by atoms with Crippen LogP contribution in [0, 0.1) is 0 Å². The van der Waals surface area contributed by atoms with Crippen LogP contribution in [0.4, 0.5) is 0 Å². The topological polar surface area (TPSA) is 102 Å². The van der Waals surface area contributed by atoms with Crippen LogP contribution in [0.25, 0.3) is 0 Å². The van der Waals surface area contributed by atoms with Gasteiger partial charge in [0.2, 0.25) is 0 Å². The smallest absolute Gasteiger partial charge is 0.399 e. The van der Waals surface area contributed by atoms with Crippen LogP contribution >= 0.6 is 15.5 Å². The van der Waals surface area contributed by atoms with Crippen molar-refractivity contribution >= 4 is 27.2 Å². The molecule has 0 amide bonds. The first-order chi connectivity index (χ1) is 26.8. The Labute approximate surface area is 335 Å². The molecule has 0 saturated carbocycles. The van der Waals surface area contributed by atoms with Crippen LogP contribution in [-0.4, -0.2) is 45.6 Å². The first-order valence-electron chi connectivity index (χ1n) is 19.7. The Bertz CT molecular complexity index is 1650. The molecule has 302 valence electrons. The molecule has 10 nitrogen and oxygen atoms in total. The van der Waals surface area contributed by atoms with Gasteiger partial charge in [0.05, 0.1) is 0 Å². The predicted octanol–water partition coefficient (Wildman–Crippen LogP) is 12.9. The fourth-order valence-electron chi connectivity index (χ4n) is 6.63. The molecule has 12 heteroatoms. The van der Waals surface area contributed by atoms with E-state index in [1.807, 2.05) is 72.8 Å². The lowest BCUT2D eigenvalue weighted by atomic mass is 10.1. The highest BCUT2D eigenvalue weighted by Gasteiger charge is 2.33. The molecule has 0 radical (unpaired) electrons. The number of rotatable bonds is 21. The first kappa shape index (κ1) is 44.2. The Hall–Kier alpha value is -4.52. The molecule has 4 aromatic carbocycles. The van der Waals surface area contributed by atoms with E-state index in [4.69, 9.17) is 27.6 Å². The quantitative estimate of drug-likeness (QED) is 0.0355. The molecule has 0 N–H and O–H groups in total. The molecule has 4 rings (SSSR count). The summed E-state index contributed by atoms with van der Waals surface area (Å²) in [6, 6.07) is 36.4. The van der Waals surface area contributed by atoms with Gasteiger partial charge in [0.1, 0.15) is 34.7 Å². The van der Waals surface area contributed by atoms with E-state index in [-0.39, 0.29) is 24.2 Å². The summed E-state index contributed by atoms with van der Waals surface area (Å²) >= 11 is 0. The SMILES string of the molecule is CC(C)N(/C(CCCCCC/C(=N/P(=O)(Oc1ccccc1)Oc1ccccc1)N(C(C)C)C(C)C)=N\P(=O)(Oc1ccccc1)Oc1ccccc1)C(C)C. The Kier molecular flexibility index (Phi) is 17.1. The van der Waals surface area contributed by atoms with E-state index in [0.29, 0.717) is 47.5 Å². The van der Waals surface area contributed by atoms with Crippen LogP contribution < -0.4 is 18.1 Å². The lowest BCUT2D eigenvalue weighted by molar-refractivity contribution is 0.283. The van der Waals surface area contributed by atoms with Crippen LogP contribution in [0.3, 0.4) is 0 Å². The van der Waals surface area contributed by atoms with Crippen molar-refractivity contribution in [1.29, 1.82) is 0 Å². The zero-order valence-corrected chi connectivity index (χ0v) is 36.0. The van der Waals surface area contributed by atoms with Crippen molar-refractivity contribution in [2.45, 2.75) is 118 Å². The van der Waals surface area contributed by atoms with Crippen LogP contribution in [0.2, 0.25) is 0 Å². The molecule has 0 fully saturated rings. The fraction of sp³-hybridized carbons (Fsp3) is 0.409. The predicted molar refractivity (Wildman–Crippen MR) is 230 cm³/mol. The Morgan fingerprint density at radius 3 is 0.875 bits per heavy atom. The highest BCUT2D eigenvalue weighted by atomic mass is 31.2. The van der Waals surface area contributed by atoms with Crippen molar-refractivity contribution < 1.29 is 27.2 Å². The number of amidine groups is 2. The zero-order valence-electron chi connectivity index (χ0n) is 34.2. The summed E-state index contributed by atoms with van der Waals surface area (Å²) in [7, 11) is -8.11. The molecule has 4 aromatic rings. The molecule has 0 unspecified atom stereocenters. The largest absolute Gasteiger partial charge is 0.564 e. The normalized spacial score (nSPS) is 12.6. The fourth-order valence-corrected chi connectivity index (χ4v) is 9.39. The maximum absolute atomic E-state index is 14.5. The van der Waals surface area contributed by atoms with Gasteiger partial charge in [-0.3, -0.25) is 0 Å². The number of hydrogen-bond acceptors (Lipinski definition) is 6. The molecule has 0 aliphatic carbocycles. The monoisotopic (exact) mass is 802 g/mol. The summed E-state index contributed by atoms with van der Waals surface area (Å²) in [5.74, 6) is 3.01. The molecular weight excluding hydrogens is 742 g/mol. The third-order valence-electron chi connectivity index (χ3n) is 8.70. The minimum Gasteiger partial charge on any atom is -0.399 e. The van der Waals surface area contributed by atoms with Crippen LogP contribution in [-0.2, 0) is 9.13 Å². The van der Waals surface area contributed by atoms with E-state index in [2.05, 4.69) is 65.2 Å². The van der Waals surface area contributed by atoms with Crippen molar-refractivity contribution in [3.63, 3.8) is 0 Å². The summed E-state index contributed by atoms with van der Waals surface area (Å²) < 4.78 is 62.9. The standard InChI is InChI=1S/C44H60N4O6P2/c1-35(2)47(36(3)4)43(45-55(49,51-39-25-15-11-16-26-39)52-40-27-17-12-18-28-40)33-23-9-10-24-34-44(48(37(5)6)38(7)8)46-56(50,53-41-29-19-13-20-30-41)54-42-31-21-14-22-32-42/h11-22,25-32,35-38H,9-10,23-24,33-34H2,1-8H3/b45-43-,46-44-. The number of nitrogens with zero attached hydrogens (tertiary/aromatic N) is 4. The van der Waals surface area contributed by atoms with E-state index >= 15 is 0 Å². The second-order valence-corrected chi connectivity index (χ2v) is 17.7. The summed E-state index contributed by atoms with van der Waals surface area (Å²) in [6.45, 7) is 16.8. The molecule has 0 aromatic heterocycles. The average Bonchev–Trinajstić information content (AvgIpc) is 3.13. The number of para-hydroxylation sites is 4. The highest BCUT2D eigenvalue weighted by Crippen LogP contribution is 2.52. The number of benzene rings is 4. The van der Waals surface area contributed by atoms with E-state index in [0.717, 1.165) is 25.7 Å². The average molecular weight is 803 g/mol. The van der Waals surface area contributed by atoms with Crippen molar-refractivity contribution in [2.75, 3.05) is 0 Å². The van der Waals surface area contributed by atoms with Gasteiger partial charge in [-0.2, -0.15) is 0 Å². The lowest BCUT2D eigenvalue weighted by Crippen LogP contribution is -2.42. The molecular formula is C44H60N4O6P2. The maximum Gasteiger partial charge on any atom is 0.564 e. The van der Waals surface area contributed by atoms with Crippen LogP contribution in [0.5, 0.6) is 23.0 Å². The highest BCUT2D eigenvalue weighted by molar-refractivity contribution is 7.53. The van der Waals surface area contributed by atoms with Gasteiger partial charge < -0.3 is 27.9 Å². The van der Waals surface area contributed by atoms with E-state index in [1.165, 1.54) is 0 Å². The lowest BCUT2D eigenvalue weighted by Gasteiger charge is -2.35. The van der Waals surface area contributed by atoms with E-state index < -0.39 is 15.5 Å². The van der Waals surface area contributed by atoms with Crippen LogP contribution in [0.1, 0.15) is 93.9 Å². The Morgan fingerprint density at radius 1 is 0.429 bits per heavy atom. The minimum atomic E-state index is -4.05. The molecule has 0 aliphatic heterocycles. The van der Waals surface area contributed by atoms with Gasteiger partial charge >= 0.3 is 15.5 Å². The van der Waals surface area contributed by atoms with Gasteiger partial charge in [0.15, 0.2) is 0 Å². The van der Waals surface area contributed by atoms with Crippen LogP contribution in [0.15, 0.2) is 131 Å². The van der Waals surface area contributed by atoms with Gasteiger partial charge in [-0.05, 0) is 117 Å². The second-order valence-electron chi connectivity index (χ2n) is 14.7. The molecule has 0 atom stereocenters. The van der Waals surface area contributed by atoms with Gasteiger partial charge in [0, 0.05) is 37.0 Å². The maximum atomic E-state index is 14.5. The zero-order chi connectivity index (χ0) is 40.6. The molecule has 0 spiro atoms. The number of unbranched alkanes of at least 4 members (excludes halogenated alkanes) is 3. The molecule has 0 aliphatic rings. The van der Waals surface area contributed by atoms with Crippen molar-refractivity contribution in [3.8, 4) is 23.0 Å². The summed E-state index contributed by atoms with van der Waals surface area (Å²) in [5.41, 5.74) is 0. The third-order valence-corrected chi connectivity index (χ3v) is 11.4. The Balaban J connectivity index is 1.55. The van der Waals surface area contributed by atoms with Crippen molar-refractivity contribution in [2.24, 2.45) is 9.53 Å². The number of hydrogen-bond donors (Lipinski definition) is 0. The van der Waals surface area contributed by atoms with Gasteiger partial charge in [0.25, 0.3) is 0 Å². The summed E-state index contributed by atoms with van der Waals surface area (Å²) in [5, 5.41) is 0. The molecule has 56 heavy (non-hydrogen) atoms. The molecule has 0 saturated heterocycles. The summed E-state index contributed by atoms with van der Waals surface area (Å²) in [4.78, 5) is 4.36. The minimum absolute atomic E-state index is 0.0966. The van der Waals surface area contributed by atoms with Gasteiger partial charge in [-0.15, -0.1) is 9.53 Å². The first-order valence-corrected chi connectivity index (χ1v) is 22.7. The van der Waals surface area contributed by atoms with E-state index in [1.54, 1.807) is 48.5 Å².